The summed E-state index contributed by atoms with van der Waals surface area (Å²) in [5, 5.41) is 0. The topological polar surface area (TPSA) is 48.1 Å². The van der Waals surface area contributed by atoms with Crippen LogP contribution in [0.3, 0.4) is 0 Å². The normalized spacial score (nSPS) is 12.5. The van der Waals surface area contributed by atoms with Crippen molar-refractivity contribution in [2.75, 3.05) is 0 Å². The minimum absolute atomic E-state index is 0.217. The summed E-state index contributed by atoms with van der Waals surface area (Å²) in [6.45, 7) is 4.62. The number of nitrogens with two attached hydrogens (primary N) is 1. The molecule has 3 heteroatoms. The maximum absolute atomic E-state index is 5.64. The van der Waals surface area contributed by atoms with Crippen LogP contribution in [0.15, 0.2) is 18.5 Å². The van der Waals surface area contributed by atoms with Gasteiger partial charge in [0.15, 0.2) is 0 Å². The fourth-order valence-corrected chi connectivity index (χ4v) is 0.984. The Hall–Kier alpha value is -1.09. The van der Waals surface area contributed by atoms with E-state index >= 15 is 0 Å². The number of hydrogen-bond donors (Lipinski definition) is 1. The Kier molecular flexibility index (Phi) is 3.71. The van der Waals surface area contributed by atoms with Crippen LogP contribution in [0.1, 0.15) is 25.8 Å². The highest BCUT2D eigenvalue weighted by Crippen LogP contribution is 2.17. The van der Waals surface area contributed by atoms with Crippen molar-refractivity contribution < 1.29 is 4.74 Å². The number of ether oxygens (including phenoxy) is 1. The molecule has 0 spiro atoms. The third kappa shape index (κ3) is 2.70. The van der Waals surface area contributed by atoms with E-state index in [-0.39, 0.29) is 6.10 Å². The molecule has 1 aromatic heterocycles. The Morgan fingerprint density at radius 1 is 1.62 bits per heavy atom. The molecular formula is C10H16N2O. The van der Waals surface area contributed by atoms with Crippen LogP contribution in [0.25, 0.3) is 0 Å². The third-order valence-electron chi connectivity index (χ3n) is 1.99. The quantitative estimate of drug-likeness (QED) is 0.767. The van der Waals surface area contributed by atoms with Gasteiger partial charge in [0, 0.05) is 18.3 Å². The van der Waals surface area contributed by atoms with Gasteiger partial charge in [-0.3, -0.25) is 4.98 Å². The molecule has 3 nitrogen and oxygen atoms in total. The minimum atomic E-state index is 0.217. The van der Waals surface area contributed by atoms with Gasteiger partial charge in [0.2, 0.25) is 0 Å². The summed E-state index contributed by atoms with van der Waals surface area (Å²) in [6.07, 6.45) is 4.65. The van der Waals surface area contributed by atoms with E-state index in [1.54, 1.807) is 12.4 Å². The van der Waals surface area contributed by atoms with E-state index in [1.165, 1.54) is 0 Å². The molecule has 2 N–H and O–H groups in total. The van der Waals surface area contributed by atoms with Crippen molar-refractivity contribution in [3.05, 3.63) is 24.0 Å². The van der Waals surface area contributed by atoms with Crippen molar-refractivity contribution in [3.8, 4) is 5.75 Å². The number of hydrogen-bond acceptors (Lipinski definition) is 3. The molecule has 0 bridgehead atoms. The van der Waals surface area contributed by atoms with Crippen molar-refractivity contribution >= 4 is 0 Å². The average Bonchev–Trinajstić information content (AvgIpc) is 2.18. The van der Waals surface area contributed by atoms with Crippen LogP contribution < -0.4 is 10.5 Å². The Labute approximate surface area is 78.9 Å². The summed E-state index contributed by atoms with van der Waals surface area (Å²) in [6, 6.07) is 1.89. The van der Waals surface area contributed by atoms with E-state index in [0.717, 1.165) is 17.7 Å². The monoisotopic (exact) mass is 180 g/mol. The molecule has 1 heterocycles. The highest BCUT2D eigenvalue weighted by Gasteiger charge is 2.05. The lowest BCUT2D eigenvalue weighted by molar-refractivity contribution is 0.214. The van der Waals surface area contributed by atoms with Crippen LogP contribution in [-0.2, 0) is 6.54 Å². The molecule has 1 unspecified atom stereocenters. The van der Waals surface area contributed by atoms with E-state index in [9.17, 15) is 0 Å². The predicted octanol–water partition coefficient (Wildman–Crippen LogP) is 1.72. The largest absolute Gasteiger partial charge is 0.489 e. The second kappa shape index (κ2) is 4.82. The van der Waals surface area contributed by atoms with E-state index in [1.807, 2.05) is 13.0 Å². The van der Waals surface area contributed by atoms with Crippen molar-refractivity contribution in [1.82, 2.24) is 4.98 Å². The molecule has 0 aliphatic rings. The van der Waals surface area contributed by atoms with Gasteiger partial charge in [0.05, 0.1) is 12.3 Å². The molecule has 0 saturated carbocycles. The molecule has 0 aromatic carbocycles. The lowest BCUT2D eigenvalue weighted by Gasteiger charge is -2.14. The Morgan fingerprint density at radius 3 is 3.00 bits per heavy atom. The Balaban J connectivity index is 2.74. The van der Waals surface area contributed by atoms with E-state index in [2.05, 4.69) is 11.9 Å². The molecule has 0 fully saturated rings. The number of rotatable bonds is 4. The zero-order valence-corrected chi connectivity index (χ0v) is 8.16. The molecule has 1 rings (SSSR count). The number of pyridine rings is 1. The van der Waals surface area contributed by atoms with Gasteiger partial charge in [-0.25, -0.2) is 0 Å². The summed E-state index contributed by atoms with van der Waals surface area (Å²) in [7, 11) is 0. The molecule has 0 aliphatic carbocycles. The highest BCUT2D eigenvalue weighted by molar-refractivity contribution is 5.29. The molecular weight excluding hydrogens is 164 g/mol. The first kappa shape index (κ1) is 9.99. The third-order valence-corrected chi connectivity index (χ3v) is 1.99. The van der Waals surface area contributed by atoms with Crippen LogP contribution in [0.4, 0.5) is 0 Å². The van der Waals surface area contributed by atoms with Gasteiger partial charge < -0.3 is 10.5 Å². The summed E-state index contributed by atoms with van der Waals surface area (Å²) >= 11 is 0. The second-order valence-electron chi connectivity index (χ2n) is 3.02. The van der Waals surface area contributed by atoms with Crippen molar-refractivity contribution in [2.24, 2.45) is 5.73 Å². The van der Waals surface area contributed by atoms with Crippen LogP contribution in [0, 0.1) is 0 Å². The Morgan fingerprint density at radius 2 is 2.38 bits per heavy atom. The molecule has 1 aromatic rings. The maximum atomic E-state index is 5.64. The average molecular weight is 180 g/mol. The van der Waals surface area contributed by atoms with Crippen LogP contribution in [-0.4, -0.2) is 11.1 Å². The second-order valence-corrected chi connectivity index (χ2v) is 3.02. The minimum Gasteiger partial charge on any atom is -0.489 e. The molecule has 0 amide bonds. The highest BCUT2D eigenvalue weighted by atomic mass is 16.5. The lowest BCUT2D eigenvalue weighted by Crippen LogP contribution is -2.12. The van der Waals surface area contributed by atoms with Gasteiger partial charge >= 0.3 is 0 Å². The van der Waals surface area contributed by atoms with Crippen molar-refractivity contribution in [1.29, 1.82) is 0 Å². The fourth-order valence-electron chi connectivity index (χ4n) is 0.984. The van der Waals surface area contributed by atoms with Crippen LogP contribution >= 0.6 is 0 Å². The van der Waals surface area contributed by atoms with Crippen molar-refractivity contribution in [2.45, 2.75) is 32.9 Å². The smallest absolute Gasteiger partial charge is 0.142 e. The van der Waals surface area contributed by atoms with Gasteiger partial charge in [-0.05, 0) is 19.4 Å². The molecule has 1 atom stereocenters. The zero-order valence-electron chi connectivity index (χ0n) is 8.16. The van der Waals surface area contributed by atoms with Crippen LogP contribution in [0.5, 0.6) is 5.75 Å². The molecule has 0 saturated heterocycles. The van der Waals surface area contributed by atoms with Gasteiger partial charge in [-0.15, -0.1) is 0 Å². The van der Waals surface area contributed by atoms with E-state index in [4.69, 9.17) is 10.5 Å². The van der Waals surface area contributed by atoms with E-state index in [0.29, 0.717) is 6.54 Å². The molecule has 13 heavy (non-hydrogen) atoms. The first-order valence-electron chi connectivity index (χ1n) is 4.57. The predicted molar refractivity (Wildman–Crippen MR) is 52.5 cm³/mol. The summed E-state index contributed by atoms with van der Waals surface area (Å²) in [5.74, 6) is 0.805. The molecule has 0 aliphatic heterocycles. The number of nitrogens with zero attached hydrogens (tertiary/aromatic N) is 1. The van der Waals surface area contributed by atoms with Gasteiger partial charge in [-0.2, -0.15) is 0 Å². The maximum Gasteiger partial charge on any atom is 0.142 e. The first-order chi connectivity index (χ1) is 6.27. The summed E-state index contributed by atoms with van der Waals surface area (Å²) in [4.78, 5) is 4.00. The van der Waals surface area contributed by atoms with E-state index < -0.39 is 0 Å². The first-order valence-corrected chi connectivity index (χ1v) is 4.57. The SMILES string of the molecule is CCC(C)Oc1cnccc1CN. The molecule has 0 radical (unpaired) electrons. The Bertz CT molecular complexity index is 263. The van der Waals surface area contributed by atoms with Gasteiger partial charge in [0.25, 0.3) is 0 Å². The van der Waals surface area contributed by atoms with Crippen molar-refractivity contribution in [3.63, 3.8) is 0 Å². The number of aromatic nitrogens is 1. The lowest BCUT2D eigenvalue weighted by atomic mass is 10.2. The van der Waals surface area contributed by atoms with Gasteiger partial charge in [0.1, 0.15) is 5.75 Å². The fraction of sp³-hybridized carbons (Fsp3) is 0.500. The van der Waals surface area contributed by atoms with Crippen LogP contribution in [0.2, 0.25) is 0 Å². The summed E-state index contributed by atoms with van der Waals surface area (Å²) in [5.41, 5.74) is 6.57. The standard InChI is InChI=1S/C10H16N2O/c1-3-8(2)13-10-7-12-5-4-9(10)6-11/h4-5,7-8H,3,6,11H2,1-2H3. The summed E-state index contributed by atoms with van der Waals surface area (Å²) < 4.78 is 5.64. The van der Waals surface area contributed by atoms with Gasteiger partial charge in [-0.1, -0.05) is 6.92 Å². The molecule has 72 valence electrons. The zero-order chi connectivity index (χ0) is 9.68.